The second-order valence-corrected chi connectivity index (χ2v) is 10.9. The maximum atomic E-state index is 13.9. The molecule has 0 amide bonds. The summed E-state index contributed by atoms with van der Waals surface area (Å²) >= 11 is 7.79. The Balaban J connectivity index is 1.59. The lowest BCUT2D eigenvalue weighted by Gasteiger charge is -2.18. The first-order valence-corrected chi connectivity index (χ1v) is 14.0. The first-order valence-electron chi connectivity index (χ1n) is 12.7. The molecule has 0 saturated carbocycles. The van der Waals surface area contributed by atoms with Crippen LogP contribution in [0.4, 0.5) is 11.5 Å². The molecule has 6 aromatic rings. The Labute approximate surface area is 243 Å². The largest absolute Gasteiger partial charge is 0.484 e. The predicted octanol–water partition coefficient (Wildman–Crippen LogP) is 6.41. The molecule has 6 rings (SSSR count). The molecule has 0 aliphatic heterocycles. The minimum Gasteiger partial charge on any atom is -0.484 e. The second-order valence-electron chi connectivity index (χ2n) is 9.63. The van der Waals surface area contributed by atoms with E-state index in [1.54, 1.807) is 22.3 Å². The Bertz CT molecular complexity index is 2040. The van der Waals surface area contributed by atoms with Gasteiger partial charge in [0.15, 0.2) is 5.65 Å². The van der Waals surface area contributed by atoms with Gasteiger partial charge in [-0.2, -0.15) is 5.10 Å². The molecule has 204 valence electrons. The number of thiazole rings is 1. The Morgan fingerprint density at radius 3 is 2.61 bits per heavy atom. The van der Waals surface area contributed by atoms with Gasteiger partial charge in [-0.1, -0.05) is 41.9 Å². The zero-order chi connectivity index (χ0) is 28.8. The third kappa shape index (κ3) is 4.47. The van der Waals surface area contributed by atoms with E-state index < -0.39 is 6.04 Å². The van der Waals surface area contributed by atoms with Crippen molar-refractivity contribution in [1.82, 2.24) is 29.1 Å². The molecule has 12 heteroatoms. The first-order chi connectivity index (χ1) is 19.8. The topological polar surface area (TPSA) is 118 Å². The van der Waals surface area contributed by atoms with E-state index in [4.69, 9.17) is 33.7 Å². The molecule has 5 aromatic heterocycles. The number of nitrogens with two attached hydrogens (primary N) is 1. The first kappa shape index (κ1) is 26.4. The molecule has 1 atom stereocenters. The Morgan fingerprint density at radius 2 is 1.88 bits per heavy atom. The Morgan fingerprint density at radius 1 is 1.10 bits per heavy atom. The van der Waals surface area contributed by atoms with Crippen LogP contribution < -0.4 is 16.0 Å². The van der Waals surface area contributed by atoms with Gasteiger partial charge in [0.1, 0.15) is 27.8 Å². The molecule has 41 heavy (non-hydrogen) atoms. The SMILES string of the molecule is [C-]#[N+]c1cc(-c2nn([C@@H](C)c3cc4scc(Cl)n4c(=O)c3-c3ccccc3)c3ncnc(N)c23)cnc1OC(C)C. The van der Waals surface area contributed by atoms with E-state index in [-0.39, 0.29) is 29.0 Å². The van der Waals surface area contributed by atoms with Crippen LogP contribution in [0.3, 0.4) is 0 Å². The van der Waals surface area contributed by atoms with Crippen LogP contribution in [0.15, 0.2) is 65.2 Å². The highest BCUT2D eigenvalue weighted by molar-refractivity contribution is 7.16. The fraction of sp³-hybridized carbons (Fsp3) is 0.172. The molecule has 10 nitrogen and oxygen atoms in total. The third-order valence-electron chi connectivity index (χ3n) is 6.67. The van der Waals surface area contributed by atoms with Crippen molar-refractivity contribution in [2.45, 2.75) is 32.9 Å². The van der Waals surface area contributed by atoms with E-state index in [0.29, 0.717) is 37.8 Å². The van der Waals surface area contributed by atoms with Crippen LogP contribution in [0.5, 0.6) is 5.88 Å². The number of halogens is 1. The number of fused-ring (bicyclic) bond motifs is 2. The number of anilines is 1. The molecule has 0 radical (unpaired) electrons. The Kier molecular flexibility index (Phi) is 6.65. The summed E-state index contributed by atoms with van der Waals surface area (Å²) in [6.45, 7) is 13.4. The van der Waals surface area contributed by atoms with E-state index in [1.165, 1.54) is 22.1 Å². The number of hydrogen-bond acceptors (Lipinski definition) is 8. The average molecular weight is 583 g/mol. The quantitative estimate of drug-likeness (QED) is 0.225. The Hall–Kier alpha value is -4.79. The van der Waals surface area contributed by atoms with Gasteiger partial charge in [0, 0.05) is 17.1 Å². The van der Waals surface area contributed by atoms with Crippen molar-refractivity contribution in [1.29, 1.82) is 0 Å². The monoisotopic (exact) mass is 582 g/mol. The zero-order valence-electron chi connectivity index (χ0n) is 22.2. The standard InChI is InChI=1S/C29H23ClN8O2S/c1-15(2)40-28-20(32-4)10-18(12-33-28)25-24-26(31)34-14-35-27(24)38(36-25)16(3)19-11-22-37(21(30)13-41-22)29(39)23(19)17-8-6-5-7-9-17/h5-16H,1-3H3,(H2,31,34,35)/t16-/m0/s1. The van der Waals surface area contributed by atoms with E-state index in [2.05, 4.69) is 19.8 Å². The van der Waals surface area contributed by atoms with Crippen LogP contribution in [0, 0.1) is 6.57 Å². The molecule has 0 unspecified atom stereocenters. The van der Waals surface area contributed by atoms with Gasteiger partial charge < -0.3 is 10.5 Å². The molecule has 1 aromatic carbocycles. The number of pyridine rings is 2. The van der Waals surface area contributed by atoms with Gasteiger partial charge in [0.05, 0.1) is 29.7 Å². The number of rotatable bonds is 6. The number of hydrogen-bond donors (Lipinski definition) is 1. The van der Waals surface area contributed by atoms with Crippen LogP contribution in [0.2, 0.25) is 5.15 Å². The van der Waals surface area contributed by atoms with Crippen LogP contribution in [0.25, 0.3) is 43.1 Å². The average Bonchev–Trinajstić information content (AvgIpc) is 3.54. The van der Waals surface area contributed by atoms with Gasteiger partial charge in [-0.15, -0.1) is 11.3 Å². The lowest BCUT2D eigenvalue weighted by molar-refractivity contribution is 0.234. The third-order valence-corrected chi connectivity index (χ3v) is 7.96. The summed E-state index contributed by atoms with van der Waals surface area (Å²) in [5, 5.41) is 7.55. The summed E-state index contributed by atoms with van der Waals surface area (Å²) in [5.41, 5.74) is 9.91. The van der Waals surface area contributed by atoms with Gasteiger partial charge >= 0.3 is 0 Å². The predicted molar refractivity (Wildman–Crippen MR) is 161 cm³/mol. The van der Waals surface area contributed by atoms with Gasteiger partial charge in [0.25, 0.3) is 5.56 Å². The molecular weight excluding hydrogens is 560 g/mol. The number of nitrogen functional groups attached to an aromatic ring is 1. The molecular formula is C29H23ClN8O2S. The van der Waals surface area contributed by atoms with Gasteiger partial charge in [-0.25, -0.2) is 24.5 Å². The number of ether oxygens (including phenoxy) is 1. The second kappa shape index (κ2) is 10.3. The van der Waals surface area contributed by atoms with Gasteiger partial charge in [-0.05, 0) is 44.0 Å². The van der Waals surface area contributed by atoms with Crippen molar-refractivity contribution < 1.29 is 4.74 Å². The number of aromatic nitrogens is 6. The molecule has 0 saturated heterocycles. The maximum Gasteiger partial charge on any atom is 0.265 e. The summed E-state index contributed by atoms with van der Waals surface area (Å²) in [7, 11) is 0. The molecule has 0 aliphatic carbocycles. The minimum atomic E-state index is -0.453. The zero-order valence-corrected chi connectivity index (χ0v) is 23.8. The van der Waals surface area contributed by atoms with Crippen molar-refractivity contribution in [3.8, 4) is 28.3 Å². The summed E-state index contributed by atoms with van der Waals surface area (Å²) < 4.78 is 8.94. The van der Waals surface area contributed by atoms with Crippen molar-refractivity contribution in [3.63, 3.8) is 0 Å². The summed E-state index contributed by atoms with van der Waals surface area (Å²) in [6.07, 6.45) is 2.83. The molecule has 2 N–H and O–H groups in total. The highest BCUT2D eigenvalue weighted by Gasteiger charge is 2.26. The lowest BCUT2D eigenvalue weighted by Crippen LogP contribution is -2.20. The van der Waals surface area contributed by atoms with Crippen LogP contribution >= 0.6 is 22.9 Å². The van der Waals surface area contributed by atoms with Crippen molar-refractivity contribution >= 4 is 50.3 Å². The highest BCUT2D eigenvalue weighted by Crippen LogP contribution is 2.38. The summed E-state index contributed by atoms with van der Waals surface area (Å²) in [6, 6.07) is 12.6. The van der Waals surface area contributed by atoms with Crippen molar-refractivity contribution in [2.75, 3.05) is 5.73 Å². The van der Waals surface area contributed by atoms with E-state index in [1.807, 2.05) is 57.2 Å². The summed E-state index contributed by atoms with van der Waals surface area (Å²) in [5.74, 6) is 0.482. The van der Waals surface area contributed by atoms with Crippen LogP contribution in [-0.2, 0) is 0 Å². The highest BCUT2D eigenvalue weighted by atomic mass is 35.5. The number of nitrogens with zero attached hydrogens (tertiary/aromatic N) is 7. The van der Waals surface area contributed by atoms with Gasteiger partial charge in [-0.3, -0.25) is 9.20 Å². The maximum absolute atomic E-state index is 13.9. The molecule has 0 spiro atoms. The van der Waals surface area contributed by atoms with Crippen molar-refractivity contribution in [2.24, 2.45) is 0 Å². The fourth-order valence-corrected chi connectivity index (χ4v) is 6.00. The summed E-state index contributed by atoms with van der Waals surface area (Å²) in [4.78, 5) is 31.3. The molecule has 0 fully saturated rings. The van der Waals surface area contributed by atoms with E-state index >= 15 is 0 Å². The van der Waals surface area contributed by atoms with Crippen LogP contribution in [0.1, 0.15) is 32.4 Å². The molecule has 5 heterocycles. The van der Waals surface area contributed by atoms with Crippen LogP contribution in [-0.4, -0.2) is 35.2 Å². The lowest BCUT2D eigenvalue weighted by atomic mass is 9.97. The minimum absolute atomic E-state index is 0.141. The number of benzene rings is 1. The van der Waals surface area contributed by atoms with Gasteiger partial charge in [0.2, 0.25) is 11.6 Å². The molecule has 0 aliphatic rings. The fourth-order valence-electron chi connectivity index (χ4n) is 4.84. The molecule has 0 bridgehead atoms. The van der Waals surface area contributed by atoms with E-state index in [0.717, 1.165) is 11.1 Å². The van der Waals surface area contributed by atoms with E-state index in [9.17, 15) is 4.79 Å². The smallest absolute Gasteiger partial charge is 0.265 e. The normalized spacial score (nSPS) is 12.2. The van der Waals surface area contributed by atoms with Crippen molar-refractivity contribution in [3.05, 3.63) is 92.9 Å².